The lowest BCUT2D eigenvalue weighted by molar-refractivity contribution is -0.323. The Morgan fingerprint density at radius 2 is 2.07 bits per heavy atom. The van der Waals surface area contributed by atoms with Crippen molar-refractivity contribution >= 4 is 5.97 Å². The zero-order chi connectivity index (χ0) is 11.2. The largest absolute Gasteiger partial charge is 0.462 e. The standard InChI is InChI=1S/C7H8F4O3/c1-2-5(12)13-4-3-7(10,11)14-6(8)9/h2,6H,1,3-4H2. The van der Waals surface area contributed by atoms with E-state index in [-0.39, 0.29) is 0 Å². The summed E-state index contributed by atoms with van der Waals surface area (Å²) in [5.41, 5.74) is 0. The van der Waals surface area contributed by atoms with Crippen molar-refractivity contribution in [3.8, 4) is 0 Å². The third kappa shape index (κ3) is 6.41. The molecule has 0 aromatic carbocycles. The van der Waals surface area contributed by atoms with E-state index in [1.54, 1.807) is 0 Å². The van der Waals surface area contributed by atoms with Gasteiger partial charge in [-0.2, -0.15) is 17.6 Å². The number of alkyl halides is 4. The van der Waals surface area contributed by atoms with E-state index in [4.69, 9.17) is 0 Å². The van der Waals surface area contributed by atoms with Gasteiger partial charge in [0.05, 0.1) is 13.0 Å². The van der Waals surface area contributed by atoms with Gasteiger partial charge in [0.15, 0.2) is 0 Å². The molecule has 0 saturated heterocycles. The minimum atomic E-state index is -4.00. The molecule has 0 radical (unpaired) electrons. The number of carbonyl (C=O) groups is 1. The molecule has 0 saturated carbocycles. The molecule has 0 amide bonds. The molecule has 3 nitrogen and oxygen atoms in total. The van der Waals surface area contributed by atoms with Gasteiger partial charge in [-0.3, -0.25) is 4.74 Å². The highest BCUT2D eigenvalue weighted by Gasteiger charge is 2.34. The fourth-order valence-corrected chi connectivity index (χ4v) is 0.519. The van der Waals surface area contributed by atoms with Crippen LogP contribution in [0.5, 0.6) is 0 Å². The van der Waals surface area contributed by atoms with Gasteiger partial charge in [-0.05, 0) is 0 Å². The molecule has 0 aliphatic carbocycles. The summed E-state index contributed by atoms with van der Waals surface area (Å²) in [6, 6.07) is 0. The number of esters is 1. The van der Waals surface area contributed by atoms with E-state index in [0.29, 0.717) is 0 Å². The predicted molar refractivity (Wildman–Crippen MR) is 37.8 cm³/mol. The molecule has 0 aliphatic heterocycles. The van der Waals surface area contributed by atoms with Crippen molar-refractivity contribution in [2.75, 3.05) is 6.61 Å². The fourth-order valence-electron chi connectivity index (χ4n) is 0.519. The number of rotatable bonds is 6. The van der Waals surface area contributed by atoms with Crippen molar-refractivity contribution in [3.05, 3.63) is 12.7 Å². The van der Waals surface area contributed by atoms with Gasteiger partial charge in [-0.15, -0.1) is 0 Å². The van der Waals surface area contributed by atoms with E-state index >= 15 is 0 Å². The number of hydrogen-bond donors (Lipinski definition) is 0. The van der Waals surface area contributed by atoms with Crippen LogP contribution >= 0.6 is 0 Å². The predicted octanol–water partition coefficient (Wildman–Crippen LogP) is 1.94. The Balaban J connectivity index is 3.75. The highest BCUT2D eigenvalue weighted by Crippen LogP contribution is 2.22. The first-order chi connectivity index (χ1) is 6.37. The molecule has 0 bridgehead atoms. The second kappa shape index (κ2) is 5.58. The molecule has 0 aliphatic rings. The van der Waals surface area contributed by atoms with Crippen molar-refractivity contribution in [2.24, 2.45) is 0 Å². The van der Waals surface area contributed by atoms with Crippen molar-refractivity contribution in [3.63, 3.8) is 0 Å². The van der Waals surface area contributed by atoms with Gasteiger partial charge >= 0.3 is 18.7 Å². The van der Waals surface area contributed by atoms with Crippen LogP contribution in [0.2, 0.25) is 0 Å². The Morgan fingerprint density at radius 3 is 2.50 bits per heavy atom. The van der Waals surface area contributed by atoms with Gasteiger partial charge in [0.1, 0.15) is 0 Å². The van der Waals surface area contributed by atoms with Crippen LogP contribution in [0.25, 0.3) is 0 Å². The number of halogens is 4. The minimum absolute atomic E-state index is 0.718. The second-order valence-electron chi connectivity index (χ2n) is 2.14. The first-order valence-corrected chi connectivity index (χ1v) is 3.50. The average molecular weight is 216 g/mol. The molecule has 0 N–H and O–H groups in total. The fraction of sp³-hybridized carbons (Fsp3) is 0.571. The SMILES string of the molecule is C=CC(=O)OCCC(F)(F)OC(F)F. The van der Waals surface area contributed by atoms with Crippen molar-refractivity contribution < 1.29 is 31.8 Å². The van der Waals surface area contributed by atoms with Crippen LogP contribution in [-0.2, 0) is 14.3 Å². The van der Waals surface area contributed by atoms with Crippen LogP contribution in [0.4, 0.5) is 17.6 Å². The Hall–Kier alpha value is -1.11. The maximum absolute atomic E-state index is 12.3. The van der Waals surface area contributed by atoms with E-state index in [1.165, 1.54) is 0 Å². The summed E-state index contributed by atoms with van der Waals surface area (Å²) in [7, 11) is 0. The molecule has 0 aromatic heterocycles. The summed E-state index contributed by atoms with van der Waals surface area (Å²) in [4.78, 5) is 10.3. The molecule has 14 heavy (non-hydrogen) atoms. The highest BCUT2D eigenvalue weighted by atomic mass is 19.3. The van der Waals surface area contributed by atoms with E-state index in [9.17, 15) is 22.4 Å². The van der Waals surface area contributed by atoms with E-state index < -0.39 is 31.7 Å². The Kier molecular flexibility index (Phi) is 5.14. The molecule has 0 atom stereocenters. The Bertz CT molecular complexity index is 205. The van der Waals surface area contributed by atoms with Crippen LogP contribution in [-0.4, -0.2) is 25.3 Å². The van der Waals surface area contributed by atoms with Crippen LogP contribution in [0.1, 0.15) is 6.42 Å². The maximum atomic E-state index is 12.3. The number of ether oxygens (including phenoxy) is 2. The summed E-state index contributed by atoms with van der Waals surface area (Å²) in [5.74, 6) is -0.905. The third-order valence-corrected chi connectivity index (χ3v) is 1.07. The molecule has 0 spiro atoms. The van der Waals surface area contributed by atoms with Crippen LogP contribution < -0.4 is 0 Å². The zero-order valence-electron chi connectivity index (χ0n) is 7.01. The normalized spacial score (nSPS) is 11.5. The molecule has 0 heterocycles. The zero-order valence-corrected chi connectivity index (χ0v) is 7.01. The second-order valence-corrected chi connectivity index (χ2v) is 2.14. The van der Waals surface area contributed by atoms with Crippen LogP contribution in [0, 0.1) is 0 Å². The first kappa shape index (κ1) is 12.9. The summed E-state index contributed by atoms with van der Waals surface area (Å²) in [5, 5.41) is 0. The minimum Gasteiger partial charge on any atom is -0.462 e. The maximum Gasteiger partial charge on any atom is 0.363 e. The van der Waals surface area contributed by atoms with Gasteiger partial charge in [-0.1, -0.05) is 6.58 Å². The van der Waals surface area contributed by atoms with Crippen LogP contribution in [0.3, 0.4) is 0 Å². The monoisotopic (exact) mass is 216 g/mol. The topological polar surface area (TPSA) is 35.5 Å². The van der Waals surface area contributed by atoms with Crippen molar-refractivity contribution in [1.82, 2.24) is 0 Å². The summed E-state index contributed by atoms with van der Waals surface area (Å²) in [6.07, 6.45) is -4.36. The quantitative estimate of drug-likeness (QED) is 0.386. The van der Waals surface area contributed by atoms with E-state index in [2.05, 4.69) is 16.1 Å². The summed E-state index contributed by atoms with van der Waals surface area (Å²) < 4.78 is 54.4. The van der Waals surface area contributed by atoms with Gasteiger partial charge in [-0.25, -0.2) is 4.79 Å². The molecule has 0 fully saturated rings. The van der Waals surface area contributed by atoms with Crippen molar-refractivity contribution in [1.29, 1.82) is 0 Å². The molecule has 0 rings (SSSR count). The van der Waals surface area contributed by atoms with Crippen molar-refractivity contribution in [2.45, 2.75) is 19.1 Å². The molecule has 0 unspecified atom stereocenters. The molecule has 82 valence electrons. The smallest absolute Gasteiger partial charge is 0.363 e. The lowest BCUT2D eigenvalue weighted by atomic mass is 10.4. The highest BCUT2D eigenvalue weighted by molar-refractivity contribution is 5.81. The van der Waals surface area contributed by atoms with Gasteiger partial charge in [0.2, 0.25) is 0 Å². The summed E-state index contributed by atoms with van der Waals surface area (Å²) >= 11 is 0. The van der Waals surface area contributed by atoms with Gasteiger partial charge in [0, 0.05) is 6.08 Å². The van der Waals surface area contributed by atoms with Gasteiger partial charge < -0.3 is 4.74 Å². The molecular weight excluding hydrogens is 208 g/mol. The number of hydrogen-bond acceptors (Lipinski definition) is 3. The number of carbonyl (C=O) groups excluding carboxylic acids is 1. The van der Waals surface area contributed by atoms with E-state index in [0.717, 1.165) is 6.08 Å². The van der Waals surface area contributed by atoms with Crippen LogP contribution in [0.15, 0.2) is 12.7 Å². The van der Waals surface area contributed by atoms with E-state index in [1.807, 2.05) is 0 Å². The summed E-state index contributed by atoms with van der Waals surface area (Å²) in [6.45, 7) is -1.28. The lowest BCUT2D eigenvalue weighted by Gasteiger charge is -2.15. The Morgan fingerprint density at radius 1 is 1.50 bits per heavy atom. The van der Waals surface area contributed by atoms with Gasteiger partial charge in [0.25, 0.3) is 0 Å². The molecule has 0 aromatic rings. The molecular formula is C7H8F4O3. The molecule has 7 heteroatoms. The lowest BCUT2D eigenvalue weighted by Crippen LogP contribution is -2.26. The average Bonchev–Trinajstić information content (AvgIpc) is 2.01. The third-order valence-electron chi connectivity index (χ3n) is 1.07. The Labute approximate surface area is 77.3 Å². The first-order valence-electron chi connectivity index (χ1n) is 3.50.